The van der Waals surface area contributed by atoms with E-state index in [9.17, 15) is 0 Å². The molecule has 3 rings (SSSR count). The van der Waals surface area contributed by atoms with E-state index in [1.807, 2.05) is 24.3 Å². The zero-order valence-electron chi connectivity index (χ0n) is 13.7. The average Bonchev–Trinajstić information content (AvgIpc) is 2.62. The van der Waals surface area contributed by atoms with Gasteiger partial charge >= 0.3 is 0 Å². The Morgan fingerprint density at radius 3 is 2.25 bits per heavy atom. The highest BCUT2D eigenvalue weighted by Crippen LogP contribution is 2.45. The predicted octanol–water partition coefficient (Wildman–Crippen LogP) is 2.98. The fourth-order valence-corrected chi connectivity index (χ4v) is 2.49. The topological polar surface area (TPSA) is 91.5 Å². The van der Waals surface area contributed by atoms with Crippen LogP contribution in [0.4, 0.5) is 17.2 Å². The van der Waals surface area contributed by atoms with Crippen LogP contribution in [0.25, 0.3) is 10.9 Å². The summed E-state index contributed by atoms with van der Waals surface area (Å²) in [6, 6.07) is 9.15. The van der Waals surface area contributed by atoms with E-state index in [0.29, 0.717) is 39.7 Å². The number of rotatable bonds is 5. The van der Waals surface area contributed by atoms with Gasteiger partial charge in [-0.05, 0) is 24.3 Å². The summed E-state index contributed by atoms with van der Waals surface area (Å²) in [4.78, 5) is 8.64. The van der Waals surface area contributed by atoms with Crippen LogP contribution in [0.3, 0.4) is 0 Å². The second-order valence-electron chi connectivity index (χ2n) is 5.01. The maximum atomic E-state index is 5.72. The first-order valence-corrected chi connectivity index (χ1v) is 7.24. The number of benzene rings is 2. The number of aromatic nitrogens is 2. The number of nitrogens with zero attached hydrogens (tertiary/aromatic N) is 2. The monoisotopic (exact) mass is 326 g/mol. The molecule has 0 aliphatic rings. The summed E-state index contributed by atoms with van der Waals surface area (Å²) in [5, 5.41) is 3.96. The molecule has 0 bridgehead atoms. The molecule has 2 aromatic carbocycles. The van der Waals surface area contributed by atoms with Crippen LogP contribution < -0.4 is 25.3 Å². The standard InChI is InChI=1S/C17H18N4O3/c1-22-13-8-12-14(16(24-3)15(13)23-2)17(20-9-19-12)21-11-6-4-10(18)5-7-11/h4-9H,18H2,1-3H3,(H,19,20,21). The van der Waals surface area contributed by atoms with Gasteiger partial charge in [-0.1, -0.05) is 0 Å². The molecule has 0 amide bonds. The number of nitrogens with two attached hydrogens (primary N) is 1. The highest BCUT2D eigenvalue weighted by molar-refractivity contribution is 5.99. The lowest BCUT2D eigenvalue weighted by Gasteiger charge is -2.16. The van der Waals surface area contributed by atoms with Crippen molar-refractivity contribution in [3.8, 4) is 17.2 Å². The van der Waals surface area contributed by atoms with Crippen molar-refractivity contribution in [1.29, 1.82) is 0 Å². The molecule has 3 N–H and O–H groups in total. The molecular formula is C17H18N4O3. The van der Waals surface area contributed by atoms with E-state index in [-0.39, 0.29) is 0 Å². The number of nitrogen functional groups attached to an aromatic ring is 1. The number of methoxy groups -OCH3 is 3. The molecule has 0 atom stereocenters. The third-order valence-corrected chi connectivity index (χ3v) is 3.60. The van der Waals surface area contributed by atoms with E-state index in [2.05, 4.69) is 15.3 Å². The maximum Gasteiger partial charge on any atom is 0.204 e. The van der Waals surface area contributed by atoms with Crippen LogP contribution in [0.2, 0.25) is 0 Å². The Bertz CT molecular complexity index is 866. The van der Waals surface area contributed by atoms with Crippen molar-refractivity contribution in [2.24, 2.45) is 0 Å². The quantitative estimate of drug-likeness (QED) is 0.696. The lowest BCUT2D eigenvalue weighted by molar-refractivity contribution is 0.327. The normalized spacial score (nSPS) is 10.5. The summed E-state index contributed by atoms with van der Waals surface area (Å²) in [6.45, 7) is 0. The maximum absolute atomic E-state index is 5.72. The molecule has 0 fully saturated rings. The molecule has 0 spiro atoms. The summed E-state index contributed by atoms with van der Waals surface area (Å²) < 4.78 is 16.3. The SMILES string of the molecule is COc1cc2ncnc(Nc3ccc(N)cc3)c2c(OC)c1OC. The number of hydrogen-bond acceptors (Lipinski definition) is 7. The van der Waals surface area contributed by atoms with Crippen molar-refractivity contribution in [3.63, 3.8) is 0 Å². The molecule has 3 aromatic rings. The van der Waals surface area contributed by atoms with Crippen molar-refractivity contribution in [1.82, 2.24) is 9.97 Å². The van der Waals surface area contributed by atoms with Crippen molar-refractivity contribution < 1.29 is 14.2 Å². The van der Waals surface area contributed by atoms with Crippen LogP contribution in [0, 0.1) is 0 Å². The molecule has 7 nitrogen and oxygen atoms in total. The summed E-state index contributed by atoms with van der Waals surface area (Å²) in [5.41, 5.74) is 7.94. The van der Waals surface area contributed by atoms with Crippen LogP contribution in [0.5, 0.6) is 17.2 Å². The van der Waals surface area contributed by atoms with Gasteiger partial charge in [0.05, 0.1) is 32.2 Å². The molecule has 7 heteroatoms. The van der Waals surface area contributed by atoms with Gasteiger partial charge in [-0.2, -0.15) is 0 Å². The highest BCUT2D eigenvalue weighted by Gasteiger charge is 2.20. The zero-order chi connectivity index (χ0) is 17.1. The van der Waals surface area contributed by atoms with Crippen LogP contribution in [0.15, 0.2) is 36.7 Å². The van der Waals surface area contributed by atoms with Gasteiger partial charge in [0.15, 0.2) is 11.5 Å². The molecule has 24 heavy (non-hydrogen) atoms. The molecule has 0 aliphatic heterocycles. The minimum Gasteiger partial charge on any atom is -0.493 e. The van der Waals surface area contributed by atoms with Gasteiger partial charge in [-0.15, -0.1) is 0 Å². The number of anilines is 3. The van der Waals surface area contributed by atoms with Gasteiger partial charge in [0.25, 0.3) is 0 Å². The van der Waals surface area contributed by atoms with E-state index in [1.165, 1.54) is 6.33 Å². The van der Waals surface area contributed by atoms with Gasteiger partial charge < -0.3 is 25.3 Å². The first-order valence-electron chi connectivity index (χ1n) is 7.24. The first-order chi connectivity index (χ1) is 11.7. The highest BCUT2D eigenvalue weighted by atomic mass is 16.5. The smallest absolute Gasteiger partial charge is 0.204 e. The van der Waals surface area contributed by atoms with Crippen molar-refractivity contribution in [3.05, 3.63) is 36.7 Å². The second kappa shape index (κ2) is 6.49. The zero-order valence-corrected chi connectivity index (χ0v) is 13.7. The number of nitrogens with one attached hydrogen (secondary N) is 1. The second-order valence-corrected chi connectivity index (χ2v) is 5.01. The summed E-state index contributed by atoms with van der Waals surface area (Å²) in [5.74, 6) is 2.13. The molecule has 0 radical (unpaired) electrons. The number of hydrogen-bond donors (Lipinski definition) is 2. The van der Waals surface area contributed by atoms with Gasteiger partial charge in [0.2, 0.25) is 5.75 Å². The molecule has 0 aliphatic carbocycles. The van der Waals surface area contributed by atoms with Gasteiger partial charge in [0.1, 0.15) is 12.1 Å². The lowest BCUT2D eigenvalue weighted by atomic mass is 10.1. The minimum absolute atomic E-state index is 0.489. The van der Waals surface area contributed by atoms with E-state index >= 15 is 0 Å². The predicted molar refractivity (Wildman–Crippen MR) is 93.3 cm³/mol. The van der Waals surface area contributed by atoms with Gasteiger partial charge in [-0.25, -0.2) is 9.97 Å². The van der Waals surface area contributed by atoms with Crippen LogP contribution >= 0.6 is 0 Å². The Hall–Kier alpha value is -3.22. The van der Waals surface area contributed by atoms with Crippen molar-refractivity contribution in [2.75, 3.05) is 32.4 Å². The van der Waals surface area contributed by atoms with E-state index < -0.39 is 0 Å². The molecule has 1 heterocycles. The van der Waals surface area contributed by atoms with Crippen LogP contribution in [0.1, 0.15) is 0 Å². The molecular weight excluding hydrogens is 308 g/mol. The van der Waals surface area contributed by atoms with Crippen LogP contribution in [-0.4, -0.2) is 31.3 Å². The molecule has 0 saturated carbocycles. The third-order valence-electron chi connectivity index (χ3n) is 3.60. The summed E-state index contributed by atoms with van der Waals surface area (Å²) in [6.07, 6.45) is 1.48. The van der Waals surface area contributed by atoms with Crippen molar-refractivity contribution >= 4 is 28.1 Å². The molecule has 124 valence electrons. The van der Waals surface area contributed by atoms with E-state index in [1.54, 1.807) is 27.4 Å². The summed E-state index contributed by atoms with van der Waals surface area (Å²) >= 11 is 0. The molecule has 0 saturated heterocycles. The number of fused-ring (bicyclic) bond motifs is 1. The lowest BCUT2D eigenvalue weighted by Crippen LogP contribution is -2.01. The van der Waals surface area contributed by atoms with Crippen LogP contribution in [-0.2, 0) is 0 Å². The van der Waals surface area contributed by atoms with E-state index in [4.69, 9.17) is 19.9 Å². The number of ether oxygens (including phenoxy) is 3. The Morgan fingerprint density at radius 1 is 0.917 bits per heavy atom. The Kier molecular flexibility index (Phi) is 4.24. The van der Waals surface area contributed by atoms with Crippen molar-refractivity contribution in [2.45, 2.75) is 0 Å². The first kappa shape index (κ1) is 15.7. The largest absolute Gasteiger partial charge is 0.493 e. The third kappa shape index (κ3) is 2.71. The van der Waals surface area contributed by atoms with Gasteiger partial charge in [0, 0.05) is 17.4 Å². The van der Waals surface area contributed by atoms with Gasteiger partial charge in [-0.3, -0.25) is 0 Å². The molecule has 0 unspecified atom stereocenters. The Labute approximate surface area is 139 Å². The summed E-state index contributed by atoms with van der Waals surface area (Å²) in [7, 11) is 4.69. The fourth-order valence-electron chi connectivity index (χ4n) is 2.49. The Morgan fingerprint density at radius 2 is 1.62 bits per heavy atom. The Balaban J connectivity index is 2.19. The minimum atomic E-state index is 0.489. The fraction of sp³-hybridized carbons (Fsp3) is 0.176. The average molecular weight is 326 g/mol. The van der Waals surface area contributed by atoms with E-state index in [0.717, 1.165) is 5.69 Å². The molecule has 1 aromatic heterocycles.